The molecule has 0 atom stereocenters. The van der Waals surface area contributed by atoms with Crippen molar-refractivity contribution in [1.82, 2.24) is 0 Å². The minimum Gasteiger partial charge on any atom is -0.147 e. The number of hydrogen-bond donors (Lipinski definition) is 0. The molecule has 80 valence electrons. The average Bonchev–Trinajstić information content (AvgIpc) is 1.89. The highest BCUT2D eigenvalue weighted by Gasteiger charge is 1.85. The van der Waals surface area contributed by atoms with Crippen molar-refractivity contribution in [2.75, 3.05) is 0 Å². The minimum absolute atomic E-state index is 0. The fourth-order valence-corrected chi connectivity index (χ4v) is 1.03. The molecule has 0 aromatic heterocycles. The van der Waals surface area contributed by atoms with E-state index < -0.39 is 0 Å². The lowest BCUT2D eigenvalue weighted by Gasteiger charge is -1.96. The van der Waals surface area contributed by atoms with Crippen molar-refractivity contribution in [3.8, 4) is 0 Å². The number of hydrogen-bond acceptors (Lipinski definition) is 0. The summed E-state index contributed by atoms with van der Waals surface area (Å²) >= 11 is 0. The van der Waals surface area contributed by atoms with Gasteiger partial charge in [0.2, 0.25) is 0 Å². The smallest absolute Gasteiger partial charge is 0.0533 e. The van der Waals surface area contributed by atoms with Crippen molar-refractivity contribution in [2.45, 2.75) is 58.8 Å². The van der Waals surface area contributed by atoms with E-state index >= 15 is 0 Å². The van der Waals surface area contributed by atoms with Crippen molar-refractivity contribution >= 4 is 37.2 Å². The third-order valence-corrected chi connectivity index (χ3v) is 1.71. The summed E-state index contributed by atoms with van der Waals surface area (Å²) in [6.07, 6.45) is 9.97. The maximum atomic E-state index is 2.26. The standard InChI is InChI=1S/C9H20.3ClH/c1-3-5-7-9-8-6-4-2;;;/h3-9H2,1-2H3;3*1H. The van der Waals surface area contributed by atoms with E-state index in [0.717, 1.165) is 0 Å². The van der Waals surface area contributed by atoms with Gasteiger partial charge < -0.3 is 0 Å². The molecule has 0 nitrogen and oxygen atoms in total. The van der Waals surface area contributed by atoms with E-state index in [9.17, 15) is 0 Å². The van der Waals surface area contributed by atoms with E-state index in [2.05, 4.69) is 13.8 Å². The Morgan fingerprint density at radius 2 is 0.750 bits per heavy atom. The second-order valence-electron chi connectivity index (χ2n) is 2.77. The van der Waals surface area contributed by atoms with Crippen LogP contribution in [-0.2, 0) is 0 Å². The first-order valence-corrected chi connectivity index (χ1v) is 4.41. The van der Waals surface area contributed by atoms with Crippen molar-refractivity contribution < 1.29 is 0 Å². The van der Waals surface area contributed by atoms with Crippen LogP contribution in [0.3, 0.4) is 0 Å². The lowest BCUT2D eigenvalue weighted by molar-refractivity contribution is 0.602. The van der Waals surface area contributed by atoms with Gasteiger partial charge in [-0.15, -0.1) is 37.2 Å². The van der Waals surface area contributed by atoms with E-state index in [4.69, 9.17) is 0 Å². The van der Waals surface area contributed by atoms with Crippen molar-refractivity contribution in [2.24, 2.45) is 0 Å². The van der Waals surface area contributed by atoms with Gasteiger partial charge >= 0.3 is 0 Å². The van der Waals surface area contributed by atoms with Crippen LogP contribution in [0.15, 0.2) is 0 Å². The number of unbranched alkanes of at least 4 members (excludes halogenated alkanes) is 6. The Balaban J connectivity index is -0.000000107. The van der Waals surface area contributed by atoms with Gasteiger partial charge in [0.05, 0.1) is 0 Å². The van der Waals surface area contributed by atoms with Gasteiger partial charge in [-0.1, -0.05) is 58.8 Å². The van der Waals surface area contributed by atoms with Gasteiger partial charge in [0.15, 0.2) is 0 Å². The van der Waals surface area contributed by atoms with E-state index in [1.54, 1.807) is 0 Å². The molecule has 0 fully saturated rings. The molecule has 0 aromatic carbocycles. The zero-order chi connectivity index (χ0) is 6.95. The highest BCUT2D eigenvalue weighted by atomic mass is 35.5. The Labute approximate surface area is 96.1 Å². The fourth-order valence-electron chi connectivity index (χ4n) is 1.03. The third kappa shape index (κ3) is 22.4. The van der Waals surface area contributed by atoms with Crippen LogP contribution in [0.2, 0.25) is 0 Å². The molecule has 0 bridgehead atoms. The summed E-state index contributed by atoms with van der Waals surface area (Å²) in [5, 5.41) is 0. The molecule has 0 aliphatic carbocycles. The van der Waals surface area contributed by atoms with Crippen LogP contribution < -0.4 is 0 Å². The minimum atomic E-state index is 0. The van der Waals surface area contributed by atoms with E-state index in [1.807, 2.05) is 0 Å². The SMILES string of the molecule is CCCCCCCCC.Cl.Cl.Cl. The first-order chi connectivity index (χ1) is 4.41. The maximum absolute atomic E-state index is 2.26. The van der Waals surface area contributed by atoms with Crippen molar-refractivity contribution in [1.29, 1.82) is 0 Å². The molecule has 0 spiro atoms. The molecule has 0 aromatic rings. The second-order valence-corrected chi connectivity index (χ2v) is 2.77. The van der Waals surface area contributed by atoms with Crippen LogP contribution in [-0.4, -0.2) is 0 Å². The van der Waals surface area contributed by atoms with Gasteiger partial charge in [0.1, 0.15) is 0 Å². The summed E-state index contributed by atoms with van der Waals surface area (Å²) in [7, 11) is 0. The van der Waals surface area contributed by atoms with Crippen molar-refractivity contribution in [3.63, 3.8) is 0 Å². The largest absolute Gasteiger partial charge is 0.147 e. The van der Waals surface area contributed by atoms with E-state index in [-0.39, 0.29) is 37.2 Å². The van der Waals surface area contributed by atoms with Gasteiger partial charge in [-0.25, -0.2) is 0 Å². The van der Waals surface area contributed by atoms with Gasteiger partial charge in [-0.3, -0.25) is 0 Å². The summed E-state index contributed by atoms with van der Waals surface area (Å²) in [5.74, 6) is 0. The molecular formula is C9H23Cl3. The first kappa shape index (κ1) is 23.0. The Morgan fingerprint density at radius 1 is 0.500 bits per heavy atom. The highest BCUT2D eigenvalue weighted by molar-refractivity contribution is 5.86. The van der Waals surface area contributed by atoms with Gasteiger partial charge in [-0.05, 0) is 0 Å². The molecule has 0 N–H and O–H groups in total. The second kappa shape index (κ2) is 22.6. The Kier molecular flexibility index (Phi) is 43.5. The summed E-state index contributed by atoms with van der Waals surface area (Å²) in [5.41, 5.74) is 0. The molecule has 0 aliphatic heterocycles. The van der Waals surface area contributed by atoms with Crippen LogP contribution in [0.25, 0.3) is 0 Å². The quantitative estimate of drug-likeness (QED) is 0.569. The normalized spacial score (nSPS) is 7.50. The average molecular weight is 238 g/mol. The Bertz CT molecular complexity index is 43.0. The van der Waals surface area contributed by atoms with Crippen LogP contribution in [0.5, 0.6) is 0 Å². The van der Waals surface area contributed by atoms with Gasteiger partial charge in [-0.2, -0.15) is 0 Å². The lowest BCUT2D eigenvalue weighted by atomic mass is 10.1. The number of halogens is 3. The van der Waals surface area contributed by atoms with Gasteiger partial charge in [0.25, 0.3) is 0 Å². The third-order valence-electron chi connectivity index (χ3n) is 1.71. The number of rotatable bonds is 6. The van der Waals surface area contributed by atoms with Crippen LogP contribution >= 0.6 is 37.2 Å². The molecule has 0 saturated carbocycles. The Morgan fingerprint density at radius 3 is 1.00 bits per heavy atom. The predicted molar refractivity (Wildman–Crippen MR) is 65.4 cm³/mol. The molecular weight excluding hydrogens is 214 g/mol. The molecule has 0 amide bonds. The molecule has 0 aliphatic rings. The molecule has 0 rings (SSSR count). The molecule has 3 heteroatoms. The fraction of sp³-hybridized carbons (Fsp3) is 1.00. The zero-order valence-electron chi connectivity index (χ0n) is 8.17. The monoisotopic (exact) mass is 236 g/mol. The lowest BCUT2D eigenvalue weighted by Crippen LogP contribution is -1.76. The molecule has 0 radical (unpaired) electrons. The summed E-state index contributed by atoms with van der Waals surface area (Å²) in [4.78, 5) is 0. The Hall–Kier alpha value is 0.870. The van der Waals surface area contributed by atoms with Crippen molar-refractivity contribution in [3.05, 3.63) is 0 Å². The predicted octanol–water partition coefficient (Wildman–Crippen LogP) is 5.02. The molecule has 12 heavy (non-hydrogen) atoms. The zero-order valence-corrected chi connectivity index (χ0v) is 10.6. The summed E-state index contributed by atoms with van der Waals surface area (Å²) < 4.78 is 0. The van der Waals surface area contributed by atoms with Gasteiger partial charge in [0, 0.05) is 0 Å². The van der Waals surface area contributed by atoms with E-state index in [1.165, 1.54) is 44.9 Å². The van der Waals surface area contributed by atoms with Crippen LogP contribution in [0, 0.1) is 0 Å². The highest BCUT2D eigenvalue weighted by Crippen LogP contribution is 2.05. The first-order valence-electron chi connectivity index (χ1n) is 4.41. The molecule has 0 saturated heterocycles. The molecule has 0 unspecified atom stereocenters. The molecule has 0 heterocycles. The summed E-state index contributed by atoms with van der Waals surface area (Å²) in [6, 6.07) is 0. The summed E-state index contributed by atoms with van der Waals surface area (Å²) in [6.45, 7) is 4.53. The topological polar surface area (TPSA) is 0 Å². The van der Waals surface area contributed by atoms with Crippen LogP contribution in [0.4, 0.5) is 0 Å². The van der Waals surface area contributed by atoms with Crippen LogP contribution in [0.1, 0.15) is 58.8 Å². The van der Waals surface area contributed by atoms with E-state index in [0.29, 0.717) is 0 Å². The maximum Gasteiger partial charge on any atom is -0.0533 e.